The van der Waals surface area contributed by atoms with E-state index >= 15 is 0 Å². The zero-order valence-corrected chi connectivity index (χ0v) is 14.0. The molecule has 0 saturated carbocycles. The molecule has 1 N–H and O–H groups in total. The van der Waals surface area contributed by atoms with Crippen molar-refractivity contribution in [3.05, 3.63) is 22.4 Å². The molecule has 116 valence electrons. The number of thioether (sulfide) groups is 1. The molecule has 1 aromatic heterocycles. The molecule has 7 heteroatoms. The first kappa shape index (κ1) is 16.2. The van der Waals surface area contributed by atoms with E-state index in [1.54, 1.807) is 23.3 Å². The Hall–Kier alpha value is -1.21. The maximum Gasteiger partial charge on any atom is 0.327 e. The summed E-state index contributed by atoms with van der Waals surface area (Å²) in [7, 11) is 1.75. The molecule has 0 bridgehead atoms. The van der Waals surface area contributed by atoms with Crippen LogP contribution in [0.4, 0.5) is 4.79 Å². The molecule has 2 rings (SSSR count). The minimum absolute atomic E-state index is 0.0309. The largest absolute Gasteiger partial charge is 0.480 e. The number of carboxylic acid groups (broad SMARTS) is 1. The van der Waals surface area contributed by atoms with Crippen molar-refractivity contribution in [3.8, 4) is 0 Å². The highest BCUT2D eigenvalue weighted by atomic mass is 32.2. The van der Waals surface area contributed by atoms with Gasteiger partial charge in [0.05, 0.1) is 5.37 Å². The molecule has 0 spiro atoms. The van der Waals surface area contributed by atoms with Crippen LogP contribution in [0.25, 0.3) is 0 Å². The second-order valence-corrected chi connectivity index (χ2v) is 7.60. The topological polar surface area (TPSA) is 60.9 Å². The summed E-state index contributed by atoms with van der Waals surface area (Å²) in [5.41, 5.74) is 0. The number of carbonyl (C=O) groups excluding carboxylic acids is 1. The predicted octanol–water partition coefficient (Wildman–Crippen LogP) is 2.58. The highest BCUT2D eigenvalue weighted by Gasteiger charge is 2.41. The van der Waals surface area contributed by atoms with E-state index in [4.69, 9.17) is 0 Å². The molecule has 2 heterocycles. The van der Waals surface area contributed by atoms with E-state index in [2.05, 4.69) is 0 Å². The van der Waals surface area contributed by atoms with Gasteiger partial charge in [0.2, 0.25) is 0 Å². The summed E-state index contributed by atoms with van der Waals surface area (Å²) in [4.78, 5) is 28.3. The summed E-state index contributed by atoms with van der Waals surface area (Å²) in [6, 6.07) is 3.14. The first-order valence-corrected chi connectivity index (χ1v) is 8.76. The monoisotopic (exact) mass is 328 g/mol. The van der Waals surface area contributed by atoms with Gasteiger partial charge in [-0.2, -0.15) is 0 Å². The molecule has 1 aliphatic rings. The number of urea groups is 1. The number of hydrogen-bond acceptors (Lipinski definition) is 4. The maximum atomic E-state index is 12.6. The minimum Gasteiger partial charge on any atom is -0.480 e. The Morgan fingerprint density at radius 1 is 1.57 bits per heavy atom. The minimum atomic E-state index is -0.931. The summed E-state index contributed by atoms with van der Waals surface area (Å²) < 4.78 is 0. The number of thiophene rings is 1. The zero-order valence-electron chi connectivity index (χ0n) is 12.4. The molecule has 1 fully saturated rings. The van der Waals surface area contributed by atoms with Crippen LogP contribution in [0, 0.1) is 0 Å². The van der Waals surface area contributed by atoms with Crippen LogP contribution in [0.5, 0.6) is 0 Å². The third-order valence-corrected chi connectivity index (χ3v) is 5.88. The standard InChI is InChI=1S/C14H20N2O3S2/c1-9(7-11-5-4-6-20-11)15(3)14(19)16-10(2)21-8-12(16)13(17)18/h4-6,9-10,12H,7-8H2,1-3H3,(H,17,18). The van der Waals surface area contributed by atoms with Gasteiger partial charge < -0.3 is 10.0 Å². The lowest BCUT2D eigenvalue weighted by atomic mass is 10.2. The fourth-order valence-electron chi connectivity index (χ4n) is 2.35. The van der Waals surface area contributed by atoms with Crippen LogP contribution in [0.1, 0.15) is 18.7 Å². The molecule has 1 aliphatic heterocycles. The molecule has 5 nitrogen and oxygen atoms in total. The van der Waals surface area contributed by atoms with Gasteiger partial charge in [0, 0.05) is 30.1 Å². The molecule has 3 atom stereocenters. The summed E-state index contributed by atoms with van der Waals surface area (Å²) >= 11 is 3.17. The number of carbonyl (C=O) groups is 2. The van der Waals surface area contributed by atoms with Gasteiger partial charge in [0.25, 0.3) is 0 Å². The second kappa shape index (κ2) is 6.70. The van der Waals surface area contributed by atoms with Crippen molar-refractivity contribution in [2.45, 2.75) is 37.7 Å². The normalized spacial score (nSPS) is 23.1. The first-order chi connectivity index (χ1) is 9.91. The number of aliphatic carboxylic acids is 1. The van der Waals surface area contributed by atoms with E-state index in [0.29, 0.717) is 5.75 Å². The van der Waals surface area contributed by atoms with Crippen molar-refractivity contribution in [2.24, 2.45) is 0 Å². The van der Waals surface area contributed by atoms with Gasteiger partial charge in [-0.25, -0.2) is 9.59 Å². The van der Waals surface area contributed by atoms with Crippen LogP contribution in [0.2, 0.25) is 0 Å². The number of rotatable bonds is 4. The van der Waals surface area contributed by atoms with E-state index in [0.717, 1.165) is 6.42 Å². The lowest BCUT2D eigenvalue weighted by Crippen LogP contribution is -2.52. The Morgan fingerprint density at radius 2 is 2.29 bits per heavy atom. The molecule has 1 aromatic rings. The van der Waals surface area contributed by atoms with Crippen LogP contribution in [0.3, 0.4) is 0 Å². The zero-order chi connectivity index (χ0) is 15.6. The van der Waals surface area contributed by atoms with Crippen molar-refractivity contribution >= 4 is 35.1 Å². The Bertz CT molecular complexity index is 506. The fraction of sp³-hybridized carbons (Fsp3) is 0.571. The molecular formula is C14H20N2O3S2. The lowest BCUT2D eigenvalue weighted by molar-refractivity contribution is -0.141. The number of amides is 2. The van der Waals surface area contributed by atoms with Crippen LogP contribution >= 0.6 is 23.1 Å². The first-order valence-electron chi connectivity index (χ1n) is 6.83. The lowest BCUT2D eigenvalue weighted by Gasteiger charge is -2.33. The SMILES string of the molecule is CC(Cc1cccs1)N(C)C(=O)N1C(C)SCC1C(=O)O. The smallest absolute Gasteiger partial charge is 0.327 e. The van der Waals surface area contributed by atoms with Crippen molar-refractivity contribution in [2.75, 3.05) is 12.8 Å². The van der Waals surface area contributed by atoms with Crippen LogP contribution in [0.15, 0.2) is 17.5 Å². The van der Waals surface area contributed by atoms with Crippen molar-refractivity contribution in [1.82, 2.24) is 9.80 Å². The molecule has 0 aliphatic carbocycles. The van der Waals surface area contributed by atoms with Gasteiger partial charge >= 0.3 is 12.0 Å². The highest BCUT2D eigenvalue weighted by molar-refractivity contribution is 8.00. The Kier molecular flexibility index (Phi) is 5.16. The quantitative estimate of drug-likeness (QED) is 0.923. The van der Waals surface area contributed by atoms with Gasteiger partial charge in [0.1, 0.15) is 6.04 Å². The summed E-state index contributed by atoms with van der Waals surface area (Å²) in [6.07, 6.45) is 0.785. The predicted molar refractivity (Wildman–Crippen MR) is 85.8 cm³/mol. The Labute approximate surface area is 132 Å². The number of nitrogens with zero attached hydrogens (tertiary/aromatic N) is 2. The van der Waals surface area contributed by atoms with E-state index < -0.39 is 12.0 Å². The van der Waals surface area contributed by atoms with E-state index in [-0.39, 0.29) is 17.4 Å². The number of hydrogen-bond donors (Lipinski definition) is 1. The summed E-state index contributed by atoms with van der Waals surface area (Å²) in [5, 5.41) is 11.2. The molecule has 0 aromatic carbocycles. The number of likely N-dealkylation sites (N-methyl/N-ethyl adjacent to an activating group) is 1. The van der Waals surface area contributed by atoms with Gasteiger partial charge in [-0.3, -0.25) is 4.90 Å². The third kappa shape index (κ3) is 3.52. The Morgan fingerprint density at radius 3 is 2.86 bits per heavy atom. The van der Waals surface area contributed by atoms with E-state index in [1.807, 2.05) is 31.4 Å². The van der Waals surface area contributed by atoms with Gasteiger partial charge in [0.15, 0.2) is 0 Å². The summed E-state index contributed by atoms with van der Waals surface area (Å²) in [5.74, 6) is -0.477. The fourth-order valence-corrected chi connectivity index (χ4v) is 4.34. The van der Waals surface area contributed by atoms with Gasteiger partial charge in [-0.15, -0.1) is 23.1 Å². The van der Waals surface area contributed by atoms with E-state index in [1.165, 1.54) is 21.5 Å². The molecule has 0 radical (unpaired) electrons. The van der Waals surface area contributed by atoms with Crippen LogP contribution in [-0.4, -0.2) is 57.2 Å². The molecule has 2 amide bonds. The maximum absolute atomic E-state index is 12.6. The van der Waals surface area contributed by atoms with Gasteiger partial charge in [-0.1, -0.05) is 6.07 Å². The molecule has 1 saturated heterocycles. The Balaban J connectivity index is 2.05. The van der Waals surface area contributed by atoms with Crippen LogP contribution < -0.4 is 0 Å². The van der Waals surface area contributed by atoms with Crippen molar-refractivity contribution in [1.29, 1.82) is 0 Å². The molecule has 3 unspecified atom stereocenters. The molecular weight excluding hydrogens is 308 g/mol. The second-order valence-electron chi connectivity index (χ2n) is 5.22. The average molecular weight is 328 g/mol. The van der Waals surface area contributed by atoms with Gasteiger partial charge in [-0.05, 0) is 25.3 Å². The number of carboxylic acids is 1. The van der Waals surface area contributed by atoms with Crippen LogP contribution in [-0.2, 0) is 11.2 Å². The third-order valence-electron chi connectivity index (χ3n) is 3.77. The van der Waals surface area contributed by atoms with Crippen molar-refractivity contribution < 1.29 is 14.7 Å². The average Bonchev–Trinajstić information content (AvgIpc) is 3.06. The van der Waals surface area contributed by atoms with Crippen molar-refractivity contribution in [3.63, 3.8) is 0 Å². The summed E-state index contributed by atoms with van der Waals surface area (Å²) in [6.45, 7) is 3.87. The highest BCUT2D eigenvalue weighted by Crippen LogP contribution is 2.30. The van der Waals surface area contributed by atoms with E-state index in [9.17, 15) is 14.7 Å². The molecule has 21 heavy (non-hydrogen) atoms.